The number of halogens is 1. The third-order valence-electron chi connectivity index (χ3n) is 4.85. The maximum absolute atomic E-state index is 13.5. The summed E-state index contributed by atoms with van der Waals surface area (Å²) in [5.41, 5.74) is 2.46. The Balaban J connectivity index is 1.95. The Hall–Kier alpha value is -3.36. The van der Waals surface area contributed by atoms with Gasteiger partial charge < -0.3 is 10.1 Å². The molecule has 0 heterocycles. The van der Waals surface area contributed by atoms with Crippen molar-refractivity contribution in [3.8, 4) is 0 Å². The molecule has 0 aliphatic rings. The van der Waals surface area contributed by atoms with Crippen molar-refractivity contribution in [3.63, 3.8) is 0 Å². The van der Waals surface area contributed by atoms with Gasteiger partial charge in [-0.3, -0.25) is 9.10 Å². The van der Waals surface area contributed by atoms with Crippen LogP contribution in [0.4, 0.5) is 11.4 Å². The Morgan fingerprint density at radius 1 is 0.970 bits per heavy atom. The lowest BCUT2D eigenvalue weighted by Crippen LogP contribution is -2.38. The number of aryl methyl sites for hydroxylation is 2. The van der Waals surface area contributed by atoms with E-state index in [1.165, 1.54) is 37.4 Å². The van der Waals surface area contributed by atoms with Gasteiger partial charge in [-0.15, -0.1) is 0 Å². The molecule has 0 unspecified atom stereocenters. The van der Waals surface area contributed by atoms with E-state index in [0.717, 1.165) is 15.4 Å². The molecular weight excluding hydrogens is 464 g/mol. The number of carbonyl (C=O) groups is 2. The number of ether oxygens (including phenoxy) is 1. The Bertz CT molecular complexity index is 1290. The van der Waals surface area contributed by atoms with Crippen molar-refractivity contribution in [2.75, 3.05) is 23.3 Å². The number of rotatable bonds is 7. The number of hydrogen-bond donors (Lipinski definition) is 1. The number of carbonyl (C=O) groups excluding carboxylic acids is 2. The third-order valence-corrected chi connectivity index (χ3v) is 6.97. The maximum Gasteiger partial charge on any atom is 0.337 e. The molecule has 0 saturated carbocycles. The first-order valence-electron chi connectivity index (χ1n) is 9.95. The van der Waals surface area contributed by atoms with Crippen LogP contribution in [0.15, 0.2) is 71.6 Å². The second-order valence-corrected chi connectivity index (χ2v) is 9.67. The van der Waals surface area contributed by atoms with Gasteiger partial charge in [0.25, 0.3) is 10.0 Å². The van der Waals surface area contributed by atoms with E-state index >= 15 is 0 Å². The minimum atomic E-state index is -4.05. The summed E-state index contributed by atoms with van der Waals surface area (Å²) in [7, 11) is -2.80. The molecule has 0 aliphatic heterocycles. The molecule has 3 aromatic carbocycles. The molecule has 0 radical (unpaired) electrons. The highest BCUT2D eigenvalue weighted by Crippen LogP contribution is 2.27. The maximum atomic E-state index is 13.5. The van der Waals surface area contributed by atoms with Crippen LogP contribution in [0.3, 0.4) is 0 Å². The lowest BCUT2D eigenvalue weighted by Gasteiger charge is -2.24. The van der Waals surface area contributed by atoms with Gasteiger partial charge >= 0.3 is 5.97 Å². The van der Waals surface area contributed by atoms with Crippen LogP contribution in [0.25, 0.3) is 0 Å². The van der Waals surface area contributed by atoms with Crippen molar-refractivity contribution in [1.82, 2.24) is 0 Å². The van der Waals surface area contributed by atoms with Crippen molar-refractivity contribution in [2.24, 2.45) is 0 Å². The van der Waals surface area contributed by atoms with E-state index in [4.69, 9.17) is 11.6 Å². The zero-order chi connectivity index (χ0) is 24.2. The summed E-state index contributed by atoms with van der Waals surface area (Å²) in [5.74, 6) is -1.22. The van der Waals surface area contributed by atoms with E-state index in [2.05, 4.69) is 10.1 Å². The van der Waals surface area contributed by atoms with Crippen LogP contribution in [-0.4, -0.2) is 33.9 Å². The van der Waals surface area contributed by atoms with Crippen molar-refractivity contribution < 1.29 is 22.7 Å². The molecule has 172 valence electrons. The van der Waals surface area contributed by atoms with E-state index in [0.29, 0.717) is 5.69 Å². The molecule has 9 heteroatoms. The van der Waals surface area contributed by atoms with Crippen LogP contribution in [-0.2, 0) is 19.6 Å². The number of anilines is 2. The summed E-state index contributed by atoms with van der Waals surface area (Å²) in [5, 5.41) is 2.79. The molecule has 0 bridgehead atoms. The molecule has 7 nitrogen and oxygen atoms in total. The van der Waals surface area contributed by atoms with Gasteiger partial charge in [-0.2, -0.15) is 0 Å². The van der Waals surface area contributed by atoms with E-state index in [1.54, 1.807) is 30.3 Å². The monoisotopic (exact) mass is 486 g/mol. The molecule has 0 saturated heterocycles. The van der Waals surface area contributed by atoms with Gasteiger partial charge in [0.15, 0.2) is 0 Å². The molecule has 0 atom stereocenters. The second kappa shape index (κ2) is 10.1. The highest BCUT2D eigenvalue weighted by molar-refractivity contribution is 7.92. The van der Waals surface area contributed by atoms with Crippen molar-refractivity contribution in [1.29, 1.82) is 0 Å². The first-order valence-corrected chi connectivity index (χ1v) is 11.8. The third kappa shape index (κ3) is 5.71. The Kier molecular flexibility index (Phi) is 7.40. The summed E-state index contributed by atoms with van der Waals surface area (Å²) in [4.78, 5) is 24.8. The summed E-state index contributed by atoms with van der Waals surface area (Å²) in [6.45, 7) is 3.19. The predicted octanol–water partition coefficient (Wildman–Crippen LogP) is 4.58. The highest BCUT2D eigenvalue weighted by atomic mass is 35.5. The van der Waals surface area contributed by atoms with Gasteiger partial charge in [0, 0.05) is 0 Å². The molecule has 3 aromatic rings. The number of methoxy groups -OCH3 is 1. The fourth-order valence-corrected chi connectivity index (χ4v) is 4.70. The number of sulfonamides is 1. The van der Waals surface area contributed by atoms with Gasteiger partial charge in [-0.1, -0.05) is 41.4 Å². The van der Waals surface area contributed by atoms with E-state index in [9.17, 15) is 18.0 Å². The van der Waals surface area contributed by atoms with Gasteiger partial charge in [0.1, 0.15) is 6.54 Å². The number of nitrogens with zero attached hydrogens (tertiary/aromatic N) is 1. The smallest absolute Gasteiger partial charge is 0.337 e. The van der Waals surface area contributed by atoms with Gasteiger partial charge in [0.05, 0.1) is 34.0 Å². The van der Waals surface area contributed by atoms with Crippen LogP contribution < -0.4 is 9.62 Å². The minimum Gasteiger partial charge on any atom is -0.465 e. The van der Waals surface area contributed by atoms with Crippen LogP contribution >= 0.6 is 11.6 Å². The van der Waals surface area contributed by atoms with Crippen molar-refractivity contribution in [2.45, 2.75) is 18.7 Å². The number of nitrogens with one attached hydrogen (secondary N) is 1. The predicted molar refractivity (Wildman–Crippen MR) is 128 cm³/mol. The van der Waals surface area contributed by atoms with Gasteiger partial charge in [-0.05, 0) is 61.9 Å². The molecular formula is C24H23ClN2O5S. The van der Waals surface area contributed by atoms with Gasteiger partial charge in [0.2, 0.25) is 5.91 Å². The van der Waals surface area contributed by atoms with Gasteiger partial charge in [-0.25, -0.2) is 13.2 Å². The Labute approximate surface area is 198 Å². The summed E-state index contributed by atoms with van der Waals surface area (Å²) in [6.07, 6.45) is 0. The number of hydrogen-bond acceptors (Lipinski definition) is 5. The highest BCUT2D eigenvalue weighted by Gasteiger charge is 2.27. The molecule has 0 spiro atoms. The SMILES string of the molecule is COC(=O)c1ccc(Cl)c(NC(=O)CN(c2cccc(C)c2)S(=O)(=O)c2ccc(C)cc2)c1. The van der Waals surface area contributed by atoms with E-state index < -0.39 is 28.4 Å². The molecule has 1 amide bonds. The minimum absolute atomic E-state index is 0.0631. The van der Waals surface area contributed by atoms with Crippen LogP contribution in [0.1, 0.15) is 21.5 Å². The summed E-state index contributed by atoms with van der Waals surface area (Å²) < 4.78 is 32.6. The average molecular weight is 487 g/mol. The first kappa shape index (κ1) is 24.3. The van der Waals surface area contributed by atoms with Crippen molar-refractivity contribution >= 4 is 44.9 Å². The summed E-state index contributed by atoms with van der Waals surface area (Å²) >= 11 is 6.16. The molecule has 0 aromatic heterocycles. The molecule has 33 heavy (non-hydrogen) atoms. The normalized spacial score (nSPS) is 11.0. The molecule has 0 fully saturated rings. The lowest BCUT2D eigenvalue weighted by molar-refractivity contribution is -0.114. The molecule has 0 aliphatic carbocycles. The average Bonchev–Trinajstić information content (AvgIpc) is 2.78. The zero-order valence-corrected chi connectivity index (χ0v) is 19.9. The molecule has 1 N–H and O–H groups in total. The Morgan fingerprint density at radius 2 is 1.67 bits per heavy atom. The number of amides is 1. The van der Waals surface area contributed by atoms with Crippen LogP contribution in [0, 0.1) is 13.8 Å². The van der Waals surface area contributed by atoms with E-state index in [1.807, 2.05) is 19.9 Å². The first-order chi connectivity index (χ1) is 15.6. The zero-order valence-electron chi connectivity index (χ0n) is 18.3. The van der Waals surface area contributed by atoms with Crippen molar-refractivity contribution in [3.05, 3.63) is 88.4 Å². The number of esters is 1. The van der Waals surface area contributed by atoms with Crippen LogP contribution in [0.5, 0.6) is 0 Å². The quantitative estimate of drug-likeness (QED) is 0.493. The van der Waals surface area contributed by atoms with Crippen LogP contribution in [0.2, 0.25) is 5.02 Å². The number of benzene rings is 3. The fourth-order valence-electron chi connectivity index (χ4n) is 3.12. The molecule has 3 rings (SSSR count). The Morgan fingerprint density at radius 3 is 2.30 bits per heavy atom. The largest absolute Gasteiger partial charge is 0.465 e. The summed E-state index contributed by atoms with van der Waals surface area (Å²) in [6, 6.07) is 17.5. The second-order valence-electron chi connectivity index (χ2n) is 7.40. The fraction of sp³-hybridized carbons (Fsp3) is 0.167. The standard InChI is InChI=1S/C24H23ClN2O5S/c1-16-7-10-20(11-8-16)33(30,31)27(19-6-4-5-17(2)13-19)15-23(28)26-22-14-18(24(29)32-3)9-12-21(22)25/h4-14H,15H2,1-3H3,(H,26,28). The topological polar surface area (TPSA) is 92.8 Å². The lowest BCUT2D eigenvalue weighted by atomic mass is 10.2. The van der Waals surface area contributed by atoms with E-state index in [-0.39, 0.29) is 21.2 Å².